The van der Waals surface area contributed by atoms with Crippen molar-refractivity contribution in [1.29, 1.82) is 0 Å². The highest BCUT2D eigenvalue weighted by molar-refractivity contribution is 5.78. The van der Waals surface area contributed by atoms with Crippen LogP contribution in [0.5, 0.6) is 0 Å². The van der Waals surface area contributed by atoms with Crippen LogP contribution in [0.15, 0.2) is 30.3 Å². The van der Waals surface area contributed by atoms with Gasteiger partial charge in [0.25, 0.3) is 0 Å². The van der Waals surface area contributed by atoms with Crippen molar-refractivity contribution in [3.8, 4) is 0 Å². The van der Waals surface area contributed by atoms with Gasteiger partial charge in [-0.15, -0.1) is 0 Å². The van der Waals surface area contributed by atoms with Crippen molar-refractivity contribution >= 4 is 5.91 Å². The molecule has 1 aromatic carbocycles. The lowest BCUT2D eigenvalue weighted by molar-refractivity contribution is -0.126. The second kappa shape index (κ2) is 9.22. The first kappa shape index (κ1) is 19.0. The summed E-state index contributed by atoms with van der Waals surface area (Å²) in [6.45, 7) is 9.67. The maximum absolute atomic E-state index is 12.3. The number of amides is 1. The number of benzene rings is 1. The van der Waals surface area contributed by atoms with E-state index in [-0.39, 0.29) is 17.4 Å². The average molecular weight is 331 g/mol. The van der Waals surface area contributed by atoms with Gasteiger partial charge >= 0.3 is 0 Å². The second-order valence-electron chi connectivity index (χ2n) is 8.02. The van der Waals surface area contributed by atoms with Crippen molar-refractivity contribution in [2.45, 2.75) is 64.8 Å². The van der Waals surface area contributed by atoms with E-state index in [2.05, 4.69) is 61.3 Å². The first-order valence-corrected chi connectivity index (χ1v) is 9.53. The number of nitrogens with zero attached hydrogens (tertiary/aromatic N) is 1. The maximum Gasteiger partial charge on any atom is 0.223 e. The molecule has 0 radical (unpaired) electrons. The largest absolute Gasteiger partial charge is 0.356 e. The van der Waals surface area contributed by atoms with Crippen LogP contribution in [0.3, 0.4) is 0 Å². The van der Waals surface area contributed by atoms with Gasteiger partial charge in [0.05, 0.1) is 0 Å². The summed E-state index contributed by atoms with van der Waals surface area (Å²) in [5.41, 5.74) is 1.63. The van der Waals surface area contributed by atoms with Crippen LogP contribution in [0.4, 0.5) is 0 Å². The number of unbranched alkanes of at least 4 members (excludes halogenated alkanes) is 2. The monoisotopic (exact) mass is 330 g/mol. The van der Waals surface area contributed by atoms with E-state index in [0.29, 0.717) is 0 Å². The average Bonchev–Trinajstić information content (AvgIpc) is 2.58. The van der Waals surface area contributed by atoms with Gasteiger partial charge in [-0.1, -0.05) is 36.8 Å². The molecule has 0 bridgehead atoms. The molecule has 3 heteroatoms. The maximum atomic E-state index is 12.3. The standard InChI is InChI=1S/C21H34N2O/c1-21(2,3)23-16-13-19(14-17-23)20(24)22-15-9-5-8-12-18-10-6-4-7-11-18/h4,6-7,10-11,19H,5,8-9,12-17H2,1-3H3,(H,22,24). The molecule has 0 spiro atoms. The molecule has 0 aliphatic carbocycles. The van der Waals surface area contributed by atoms with Gasteiger partial charge in [-0.05, 0) is 71.5 Å². The van der Waals surface area contributed by atoms with Gasteiger partial charge in [-0.3, -0.25) is 9.69 Å². The summed E-state index contributed by atoms with van der Waals surface area (Å²) in [5, 5.41) is 3.15. The third-order valence-electron chi connectivity index (χ3n) is 5.10. The molecule has 1 aliphatic heterocycles. The smallest absolute Gasteiger partial charge is 0.223 e. The van der Waals surface area contributed by atoms with E-state index in [1.807, 2.05) is 0 Å². The van der Waals surface area contributed by atoms with Gasteiger partial charge in [-0.2, -0.15) is 0 Å². The van der Waals surface area contributed by atoms with E-state index in [1.54, 1.807) is 0 Å². The Balaban J connectivity index is 1.54. The highest BCUT2D eigenvalue weighted by atomic mass is 16.1. The zero-order valence-electron chi connectivity index (χ0n) is 15.7. The van der Waals surface area contributed by atoms with Crippen LogP contribution >= 0.6 is 0 Å². The van der Waals surface area contributed by atoms with E-state index >= 15 is 0 Å². The molecule has 0 aromatic heterocycles. The van der Waals surface area contributed by atoms with Gasteiger partial charge in [0.2, 0.25) is 5.91 Å². The van der Waals surface area contributed by atoms with Crippen molar-refractivity contribution < 1.29 is 4.79 Å². The molecule has 1 aromatic rings. The topological polar surface area (TPSA) is 32.3 Å². The van der Waals surface area contributed by atoms with Gasteiger partial charge in [-0.25, -0.2) is 0 Å². The Morgan fingerprint density at radius 1 is 1.08 bits per heavy atom. The molecule has 2 rings (SSSR count). The van der Waals surface area contributed by atoms with Crippen LogP contribution < -0.4 is 5.32 Å². The van der Waals surface area contributed by atoms with Crippen molar-refractivity contribution in [2.24, 2.45) is 5.92 Å². The van der Waals surface area contributed by atoms with Crippen molar-refractivity contribution in [3.63, 3.8) is 0 Å². The minimum atomic E-state index is 0.216. The Bertz CT molecular complexity index is 484. The lowest BCUT2D eigenvalue weighted by Gasteiger charge is -2.40. The Morgan fingerprint density at radius 3 is 2.38 bits per heavy atom. The molecular weight excluding hydrogens is 296 g/mol. The Labute approximate surface area is 147 Å². The molecule has 0 saturated carbocycles. The van der Waals surface area contributed by atoms with Crippen LogP contribution in [-0.2, 0) is 11.2 Å². The number of likely N-dealkylation sites (tertiary alicyclic amines) is 1. The van der Waals surface area contributed by atoms with Crippen LogP contribution in [0.25, 0.3) is 0 Å². The summed E-state index contributed by atoms with van der Waals surface area (Å²) in [7, 11) is 0. The number of carbonyl (C=O) groups is 1. The molecular formula is C21H34N2O. The normalized spacial score (nSPS) is 17.0. The number of piperidine rings is 1. The number of hydrogen-bond acceptors (Lipinski definition) is 2. The van der Waals surface area contributed by atoms with Crippen LogP contribution in [0.1, 0.15) is 58.4 Å². The Morgan fingerprint density at radius 2 is 1.75 bits per heavy atom. The third kappa shape index (κ3) is 6.27. The first-order valence-electron chi connectivity index (χ1n) is 9.53. The van der Waals surface area contributed by atoms with Gasteiger partial charge < -0.3 is 5.32 Å². The third-order valence-corrected chi connectivity index (χ3v) is 5.10. The zero-order valence-corrected chi connectivity index (χ0v) is 15.7. The lowest BCUT2D eigenvalue weighted by atomic mass is 9.92. The number of carbonyl (C=O) groups excluding carboxylic acids is 1. The summed E-state index contributed by atoms with van der Waals surface area (Å²) in [6.07, 6.45) is 6.59. The first-order chi connectivity index (χ1) is 11.5. The summed E-state index contributed by atoms with van der Waals surface area (Å²) >= 11 is 0. The predicted octanol–water partition coefficient (Wildman–Crippen LogP) is 4.03. The van der Waals surface area contributed by atoms with Gasteiger partial charge in [0, 0.05) is 18.0 Å². The molecule has 24 heavy (non-hydrogen) atoms. The second-order valence-corrected chi connectivity index (χ2v) is 8.02. The molecule has 1 heterocycles. The number of nitrogens with one attached hydrogen (secondary N) is 1. The predicted molar refractivity (Wildman–Crippen MR) is 101 cm³/mol. The minimum absolute atomic E-state index is 0.216. The van der Waals surface area contributed by atoms with Gasteiger partial charge in [0.1, 0.15) is 0 Å². The van der Waals surface area contributed by atoms with E-state index < -0.39 is 0 Å². The van der Waals surface area contributed by atoms with Crippen LogP contribution in [0, 0.1) is 5.92 Å². The Hall–Kier alpha value is -1.35. The quantitative estimate of drug-likeness (QED) is 0.766. The summed E-state index contributed by atoms with van der Waals surface area (Å²) in [4.78, 5) is 14.8. The molecule has 1 aliphatic rings. The van der Waals surface area contributed by atoms with Crippen molar-refractivity contribution in [2.75, 3.05) is 19.6 Å². The molecule has 1 N–H and O–H groups in total. The fraction of sp³-hybridized carbons (Fsp3) is 0.667. The summed E-state index contributed by atoms with van der Waals surface area (Å²) in [6, 6.07) is 10.6. The number of rotatable bonds is 7. The molecule has 0 unspecified atom stereocenters. The fourth-order valence-corrected chi connectivity index (χ4v) is 3.44. The lowest BCUT2D eigenvalue weighted by Crippen LogP contribution is -2.48. The van der Waals surface area contributed by atoms with Crippen molar-refractivity contribution in [1.82, 2.24) is 10.2 Å². The molecule has 1 saturated heterocycles. The minimum Gasteiger partial charge on any atom is -0.356 e. The Kier molecular flexibility index (Phi) is 7.29. The van der Waals surface area contributed by atoms with E-state index in [1.165, 1.54) is 18.4 Å². The van der Waals surface area contributed by atoms with E-state index in [0.717, 1.165) is 45.3 Å². The van der Waals surface area contributed by atoms with Crippen LogP contribution in [-0.4, -0.2) is 36.0 Å². The highest BCUT2D eigenvalue weighted by Gasteiger charge is 2.29. The molecule has 0 atom stereocenters. The molecule has 134 valence electrons. The number of hydrogen-bond donors (Lipinski definition) is 1. The molecule has 3 nitrogen and oxygen atoms in total. The fourth-order valence-electron chi connectivity index (χ4n) is 3.44. The number of aryl methyl sites for hydroxylation is 1. The molecule has 1 fully saturated rings. The summed E-state index contributed by atoms with van der Waals surface area (Å²) < 4.78 is 0. The SMILES string of the molecule is CC(C)(C)N1CCC(C(=O)NCCCCCc2ccccc2)CC1. The molecule has 1 amide bonds. The van der Waals surface area contributed by atoms with Crippen molar-refractivity contribution in [3.05, 3.63) is 35.9 Å². The van der Waals surface area contributed by atoms with E-state index in [9.17, 15) is 4.79 Å². The summed E-state index contributed by atoms with van der Waals surface area (Å²) in [5.74, 6) is 0.486. The zero-order chi connectivity index (χ0) is 17.4. The van der Waals surface area contributed by atoms with Crippen LogP contribution in [0.2, 0.25) is 0 Å². The highest BCUT2D eigenvalue weighted by Crippen LogP contribution is 2.23. The van der Waals surface area contributed by atoms with E-state index in [4.69, 9.17) is 0 Å². The van der Waals surface area contributed by atoms with Gasteiger partial charge in [0.15, 0.2) is 0 Å².